The van der Waals surface area contributed by atoms with Crippen molar-refractivity contribution in [3.05, 3.63) is 63.5 Å². The minimum absolute atomic E-state index is 0.250. The lowest BCUT2D eigenvalue weighted by molar-refractivity contribution is 0.0955. The highest BCUT2D eigenvalue weighted by molar-refractivity contribution is 14.1. The first-order valence-corrected chi connectivity index (χ1v) is 6.33. The Morgan fingerprint density at radius 1 is 1.22 bits per heavy atom. The maximum absolute atomic E-state index is 11.7. The third-order valence-electron chi connectivity index (χ3n) is 2.22. The Morgan fingerprint density at radius 2 is 1.94 bits per heavy atom. The average molecular weight is 351 g/mol. The number of benzene rings is 1. The molecule has 1 heterocycles. The molecule has 90 valence electrons. The second-order valence-corrected chi connectivity index (χ2v) is 4.62. The van der Waals surface area contributed by atoms with Crippen LogP contribution >= 0.6 is 22.6 Å². The van der Waals surface area contributed by atoms with Gasteiger partial charge in [-0.05, 0) is 40.8 Å². The molecule has 1 N–H and O–H groups in total. The van der Waals surface area contributed by atoms with Crippen molar-refractivity contribution >= 4 is 34.7 Å². The van der Waals surface area contributed by atoms with Gasteiger partial charge in [-0.25, -0.2) is 5.43 Å². The SMILES string of the molecule is O=C(N/N=C\c1ccccc1I)c1ccncc1. The largest absolute Gasteiger partial charge is 0.271 e. The number of carbonyl (C=O) groups is 1. The van der Waals surface area contributed by atoms with Crippen molar-refractivity contribution < 1.29 is 4.79 Å². The van der Waals surface area contributed by atoms with Crippen molar-refractivity contribution in [2.75, 3.05) is 0 Å². The van der Waals surface area contributed by atoms with E-state index in [-0.39, 0.29) is 5.91 Å². The molecule has 1 aromatic heterocycles. The lowest BCUT2D eigenvalue weighted by Gasteiger charge is -1.99. The third kappa shape index (κ3) is 3.36. The second kappa shape index (κ2) is 6.25. The van der Waals surface area contributed by atoms with E-state index in [1.54, 1.807) is 30.7 Å². The first kappa shape index (κ1) is 12.7. The minimum Gasteiger partial charge on any atom is -0.267 e. The van der Waals surface area contributed by atoms with Crippen molar-refractivity contribution in [1.82, 2.24) is 10.4 Å². The van der Waals surface area contributed by atoms with E-state index in [0.717, 1.165) is 9.13 Å². The molecule has 2 aromatic rings. The van der Waals surface area contributed by atoms with Crippen molar-refractivity contribution in [3.8, 4) is 0 Å². The van der Waals surface area contributed by atoms with Gasteiger partial charge in [-0.15, -0.1) is 0 Å². The molecule has 0 radical (unpaired) electrons. The normalized spacial score (nSPS) is 10.5. The van der Waals surface area contributed by atoms with Gasteiger partial charge in [0.1, 0.15) is 0 Å². The second-order valence-electron chi connectivity index (χ2n) is 3.46. The maximum atomic E-state index is 11.7. The summed E-state index contributed by atoms with van der Waals surface area (Å²) in [5.41, 5.74) is 3.97. The van der Waals surface area contributed by atoms with Crippen molar-refractivity contribution in [2.45, 2.75) is 0 Å². The first-order chi connectivity index (χ1) is 8.77. The fourth-order valence-electron chi connectivity index (χ4n) is 1.31. The van der Waals surface area contributed by atoms with Gasteiger partial charge in [0.25, 0.3) is 5.91 Å². The summed E-state index contributed by atoms with van der Waals surface area (Å²) >= 11 is 2.22. The molecule has 0 spiro atoms. The van der Waals surface area contributed by atoms with Crippen LogP contribution in [0.3, 0.4) is 0 Å². The smallest absolute Gasteiger partial charge is 0.267 e. The third-order valence-corrected chi connectivity index (χ3v) is 3.20. The lowest BCUT2D eigenvalue weighted by atomic mass is 10.2. The highest BCUT2D eigenvalue weighted by Crippen LogP contribution is 2.08. The monoisotopic (exact) mass is 351 g/mol. The van der Waals surface area contributed by atoms with E-state index < -0.39 is 0 Å². The molecule has 0 atom stereocenters. The Kier molecular flexibility index (Phi) is 4.40. The minimum atomic E-state index is -0.250. The maximum Gasteiger partial charge on any atom is 0.271 e. The summed E-state index contributed by atoms with van der Waals surface area (Å²) < 4.78 is 1.08. The standard InChI is InChI=1S/C13H10IN3O/c14-12-4-2-1-3-11(12)9-16-17-13(18)10-5-7-15-8-6-10/h1-9H,(H,17,18)/b16-9-. The predicted octanol–water partition coefficient (Wildman–Crippen LogP) is 2.45. The Morgan fingerprint density at radius 3 is 2.67 bits per heavy atom. The number of hydrazone groups is 1. The van der Waals surface area contributed by atoms with Crippen LogP contribution in [0, 0.1) is 3.57 Å². The molecule has 0 unspecified atom stereocenters. The van der Waals surface area contributed by atoms with Gasteiger partial charge in [0, 0.05) is 27.1 Å². The molecular formula is C13H10IN3O. The first-order valence-electron chi connectivity index (χ1n) is 5.25. The average Bonchev–Trinajstić information content (AvgIpc) is 2.42. The summed E-state index contributed by atoms with van der Waals surface area (Å²) in [6.45, 7) is 0. The van der Waals surface area contributed by atoms with E-state index in [4.69, 9.17) is 0 Å². The molecule has 4 nitrogen and oxygen atoms in total. The summed E-state index contributed by atoms with van der Waals surface area (Å²) in [6.07, 6.45) is 4.76. The van der Waals surface area contributed by atoms with Crippen LogP contribution in [0.25, 0.3) is 0 Å². The number of hydrogen-bond donors (Lipinski definition) is 1. The summed E-state index contributed by atoms with van der Waals surface area (Å²) in [4.78, 5) is 15.5. The molecule has 0 aliphatic rings. The molecule has 0 bridgehead atoms. The van der Waals surface area contributed by atoms with Crippen LogP contribution in [0.4, 0.5) is 0 Å². The van der Waals surface area contributed by atoms with Crippen LogP contribution in [0.2, 0.25) is 0 Å². The number of rotatable bonds is 3. The molecule has 0 saturated carbocycles. The zero-order valence-electron chi connectivity index (χ0n) is 9.38. The van der Waals surface area contributed by atoms with Crippen LogP contribution in [0.15, 0.2) is 53.9 Å². The van der Waals surface area contributed by atoms with E-state index in [1.807, 2.05) is 24.3 Å². The Balaban J connectivity index is 2.00. The van der Waals surface area contributed by atoms with Gasteiger partial charge >= 0.3 is 0 Å². The molecule has 5 heteroatoms. The molecule has 0 fully saturated rings. The Labute approximate surface area is 118 Å². The predicted molar refractivity (Wildman–Crippen MR) is 78.5 cm³/mol. The Bertz CT molecular complexity index is 569. The van der Waals surface area contributed by atoms with E-state index in [2.05, 4.69) is 38.1 Å². The van der Waals surface area contributed by atoms with Gasteiger partial charge in [0.2, 0.25) is 0 Å². The van der Waals surface area contributed by atoms with Crippen LogP contribution in [-0.4, -0.2) is 17.1 Å². The summed E-state index contributed by atoms with van der Waals surface area (Å²) in [7, 11) is 0. The lowest BCUT2D eigenvalue weighted by Crippen LogP contribution is -2.17. The molecule has 1 amide bonds. The van der Waals surface area contributed by atoms with Crippen LogP contribution in [0.5, 0.6) is 0 Å². The van der Waals surface area contributed by atoms with Gasteiger partial charge in [-0.3, -0.25) is 9.78 Å². The highest BCUT2D eigenvalue weighted by atomic mass is 127. The number of carbonyl (C=O) groups excluding carboxylic acids is 1. The van der Waals surface area contributed by atoms with Crippen LogP contribution in [-0.2, 0) is 0 Å². The number of halogens is 1. The van der Waals surface area contributed by atoms with E-state index in [9.17, 15) is 4.79 Å². The van der Waals surface area contributed by atoms with Crippen molar-refractivity contribution in [1.29, 1.82) is 0 Å². The van der Waals surface area contributed by atoms with Gasteiger partial charge in [-0.2, -0.15) is 5.10 Å². The van der Waals surface area contributed by atoms with E-state index in [1.165, 1.54) is 0 Å². The molecule has 1 aromatic carbocycles. The number of nitrogens with one attached hydrogen (secondary N) is 1. The summed E-state index contributed by atoms with van der Waals surface area (Å²) in [5.74, 6) is -0.250. The van der Waals surface area contributed by atoms with Crippen LogP contribution < -0.4 is 5.43 Å². The van der Waals surface area contributed by atoms with Crippen molar-refractivity contribution in [3.63, 3.8) is 0 Å². The Hall–Kier alpha value is -1.76. The molecule has 0 aliphatic heterocycles. The molecule has 2 rings (SSSR count). The van der Waals surface area contributed by atoms with Crippen LogP contribution in [0.1, 0.15) is 15.9 Å². The highest BCUT2D eigenvalue weighted by Gasteiger charge is 2.02. The fraction of sp³-hybridized carbons (Fsp3) is 0. The van der Waals surface area contributed by atoms with Gasteiger partial charge in [-0.1, -0.05) is 18.2 Å². The number of nitrogens with zero attached hydrogens (tertiary/aromatic N) is 2. The van der Waals surface area contributed by atoms with E-state index in [0.29, 0.717) is 5.56 Å². The van der Waals surface area contributed by atoms with Gasteiger partial charge in [0.05, 0.1) is 6.21 Å². The van der Waals surface area contributed by atoms with Gasteiger partial charge in [0.15, 0.2) is 0 Å². The molecule has 18 heavy (non-hydrogen) atoms. The van der Waals surface area contributed by atoms with Crippen molar-refractivity contribution in [2.24, 2.45) is 5.10 Å². The summed E-state index contributed by atoms with van der Waals surface area (Å²) in [6, 6.07) is 11.1. The number of aromatic nitrogens is 1. The molecule has 0 aliphatic carbocycles. The number of hydrogen-bond acceptors (Lipinski definition) is 3. The zero-order valence-corrected chi connectivity index (χ0v) is 11.5. The molecular weight excluding hydrogens is 341 g/mol. The quantitative estimate of drug-likeness (QED) is 0.525. The fourth-order valence-corrected chi connectivity index (χ4v) is 1.83. The summed E-state index contributed by atoms with van der Waals surface area (Å²) in [5, 5.41) is 3.93. The number of pyridine rings is 1. The van der Waals surface area contributed by atoms with Gasteiger partial charge < -0.3 is 0 Å². The topological polar surface area (TPSA) is 54.4 Å². The zero-order chi connectivity index (χ0) is 12.8. The van der Waals surface area contributed by atoms with E-state index >= 15 is 0 Å². The molecule has 0 saturated heterocycles. The number of amides is 1.